The van der Waals surface area contributed by atoms with Crippen molar-refractivity contribution in [2.45, 2.75) is 25.8 Å². The molecule has 1 saturated heterocycles. The Morgan fingerprint density at radius 1 is 1.26 bits per heavy atom. The van der Waals surface area contributed by atoms with Crippen LogP contribution in [0.3, 0.4) is 0 Å². The quantitative estimate of drug-likeness (QED) is 0.811. The lowest BCUT2D eigenvalue weighted by molar-refractivity contribution is 0.0382. The lowest BCUT2D eigenvalue weighted by Crippen LogP contribution is -2.37. The monoisotopic (exact) mass is 266 g/mol. The summed E-state index contributed by atoms with van der Waals surface area (Å²) in [6, 6.07) is 0. The predicted molar refractivity (Wildman–Crippen MR) is 69.9 cm³/mol. The lowest BCUT2D eigenvalue weighted by atomic mass is 9.99. The molecule has 0 aliphatic carbocycles. The van der Waals surface area contributed by atoms with E-state index in [1.807, 2.05) is 4.68 Å². The number of morpholine rings is 1. The fraction of sp³-hybridized carbons (Fsp3) is 0.846. The van der Waals surface area contributed by atoms with Crippen molar-refractivity contribution in [3.05, 3.63) is 11.6 Å². The first kappa shape index (κ1) is 13.0. The highest BCUT2D eigenvalue weighted by atomic mass is 16.5. The smallest absolute Gasteiger partial charge is 0.152 e. The van der Waals surface area contributed by atoms with Crippen LogP contribution >= 0.6 is 0 Å². The molecule has 19 heavy (non-hydrogen) atoms. The van der Waals surface area contributed by atoms with E-state index < -0.39 is 0 Å². The van der Waals surface area contributed by atoms with Crippen LogP contribution in [0.25, 0.3) is 0 Å². The molecule has 1 atom stereocenters. The normalized spacial score (nSPS) is 24.4. The van der Waals surface area contributed by atoms with E-state index in [2.05, 4.69) is 15.0 Å². The molecule has 6 nitrogen and oxygen atoms in total. The number of nitrogens with zero attached hydrogens (tertiary/aromatic N) is 4. The molecule has 106 valence electrons. The third kappa shape index (κ3) is 3.13. The molecule has 1 N–H and O–H groups in total. The molecular formula is C13H22N4O2. The molecule has 0 spiro atoms. The molecule has 1 aromatic heterocycles. The minimum atomic E-state index is 0.260. The highest BCUT2D eigenvalue weighted by Gasteiger charge is 2.21. The van der Waals surface area contributed by atoms with Crippen molar-refractivity contribution in [1.29, 1.82) is 0 Å². The zero-order valence-electron chi connectivity index (χ0n) is 11.3. The summed E-state index contributed by atoms with van der Waals surface area (Å²) in [6.45, 7) is 5.87. The summed E-state index contributed by atoms with van der Waals surface area (Å²) in [5, 5.41) is 13.8. The maximum atomic E-state index is 9.22. The van der Waals surface area contributed by atoms with Crippen molar-refractivity contribution < 1.29 is 9.84 Å². The fourth-order valence-electron chi connectivity index (χ4n) is 2.77. The zero-order chi connectivity index (χ0) is 13.1. The van der Waals surface area contributed by atoms with E-state index in [-0.39, 0.29) is 6.61 Å². The molecule has 0 aromatic carbocycles. The van der Waals surface area contributed by atoms with Gasteiger partial charge in [0.05, 0.1) is 13.2 Å². The Morgan fingerprint density at radius 2 is 2.11 bits per heavy atom. The van der Waals surface area contributed by atoms with Crippen LogP contribution in [0.1, 0.15) is 18.1 Å². The Labute approximate surface area is 113 Å². The molecule has 3 rings (SSSR count). The Balaban J connectivity index is 1.55. The standard InChI is InChI=1S/C13H22N4O2/c18-10-11-1-4-17-13(9-11)14-12(15-17)2-3-16-5-7-19-8-6-16/h11,18H,1-10H2. The molecule has 2 aliphatic heterocycles. The molecule has 0 radical (unpaired) electrons. The number of fused-ring (bicyclic) bond motifs is 1. The van der Waals surface area contributed by atoms with Gasteiger partial charge in [0.2, 0.25) is 0 Å². The van der Waals surface area contributed by atoms with E-state index in [0.29, 0.717) is 5.92 Å². The number of hydrogen-bond acceptors (Lipinski definition) is 5. The second kappa shape index (κ2) is 5.98. The van der Waals surface area contributed by atoms with Gasteiger partial charge in [0, 0.05) is 45.6 Å². The number of aliphatic hydroxyl groups excluding tert-OH is 1. The Kier molecular flexibility index (Phi) is 4.10. The highest BCUT2D eigenvalue weighted by molar-refractivity contribution is 4.98. The van der Waals surface area contributed by atoms with Gasteiger partial charge in [0.1, 0.15) is 5.82 Å². The number of aliphatic hydroxyl groups is 1. The first-order valence-corrected chi connectivity index (χ1v) is 7.18. The number of rotatable bonds is 4. The van der Waals surface area contributed by atoms with Gasteiger partial charge in [-0.3, -0.25) is 4.90 Å². The van der Waals surface area contributed by atoms with Gasteiger partial charge in [-0.2, -0.15) is 5.10 Å². The van der Waals surface area contributed by atoms with Crippen LogP contribution < -0.4 is 0 Å². The summed E-state index contributed by atoms with van der Waals surface area (Å²) < 4.78 is 7.36. The summed E-state index contributed by atoms with van der Waals surface area (Å²) in [6.07, 6.45) is 2.78. The first-order valence-electron chi connectivity index (χ1n) is 7.18. The average Bonchev–Trinajstić information content (AvgIpc) is 2.88. The molecule has 1 aromatic rings. The van der Waals surface area contributed by atoms with Crippen LogP contribution in [0.2, 0.25) is 0 Å². The molecule has 1 fully saturated rings. The van der Waals surface area contributed by atoms with Gasteiger partial charge in [0.25, 0.3) is 0 Å². The largest absolute Gasteiger partial charge is 0.396 e. The van der Waals surface area contributed by atoms with E-state index in [1.165, 1.54) is 0 Å². The molecule has 0 bridgehead atoms. The third-order valence-corrected chi connectivity index (χ3v) is 4.03. The molecular weight excluding hydrogens is 244 g/mol. The van der Waals surface area contributed by atoms with Crippen LogP contribution in [-0.2, 0) is 24.1 Å². The van der Waals surface area contributed by atoms with Crippen molar-refractivity contribution in [1.82, 2.24) is 19.7 Å². The van der Waals surface area contributed by atoms with E-state index in [1.54, 1.807) is 0 Å². The SMILES string of the molecule is OCC1CCn2nc(CCN3CCOCC3)nc2C1. The van der Waals surface area contributed by atoms with Crippen molar-refractivity contribution in [2.75, 3.05) is 39.5 Å². The number of ether oxygens (including phenoxy) is 1. The van der Waals surface area contributed by atoms with Gasteiger partial charge in [-0.25, -0.2) is 9.67 Å². The van der Waals surface area contributed by atoms with Crippen LogP contribution in [0.4, 0.5) is 0 Å². The van der Waals surface area contributed by atoms with Crippen LogP contribution in [-0.4, -0.2) is 64.2 Å². The molecule has 0 amide bonds. The van der Waals surface area contributed by atoms with Gasteiger partial charge in [-0.15, -0.1) is 0 Å². The van der Waals surface area contributed by atoms with Gasteiger partial charge < -0.3 is 9.84 Å². The van der Waals surface area contributed by atoms with Gasteiger partial charge in [-0.05, 0) is 12.3 Å². The zero-order valence-corrected chi connectivity index (χ0v) is 11.3. The minimum absolute atomic E-state index is 0.260. The first-order chi connectivity index (χ1) is 9.35. The van der Waals surface area contributed by atoms with Gasteiger partial charge in [-0.1, -0.05) is 0 Å². The van der Waals surface area contributed by atoms with E-state index in [0.717, 1.165) is 70.3 Å². The van der Waals surface area contributed by atoms with E-state index in [9.17, 15) is 5.11 Å². The Hall–Kier alpha value is -0.980. The molecule has 3 heterocycles. The molecule has 6 heteroatoms. The molecule has 1 unspecified atom stereocenters. The van der Waals surface area contributed by atoms with Crippen LogP contribution in [0.5, 0.6) is 0 Å². The number of aryl methyl sites for hydroxylation is 1. The summed E-state index contributed by atoms with van der Waals surface area (Å²) in [5.74, 6) is 2.35. The van der Waals surface area contributed by atoms with E-state index >= 15 is 0 Å². The fourth-order valence-corrected chi connectivity index (χ4v) is 2.77. The van der Waals surface area contributed by atoms with Crippen molar-refractivity contribution in [3.63, 3.8) is 0 Å². The van der Waals surface area contributed by atoms with Gasteiger partial charge >= 0.3 is 0 Å². The van der Waals surface area contributed by atoms with Crippen molar-refractivity contribution in [2.24, 2.45) is 5.92 Å². The maximum absolute atomic E-state index is 9.22. The second-order valence-corrected chi connectivity index (χ2v) is 5.41. The van der Waals surface area contributed by atoms with E-state index in [4.69, 9.17) is 4.74 Å². The molecule has 2 aliphatic rings. The average molecular weight is 266 g/mol. The topological polar surface area (TPSA) is 63.4 Å². The van der Waals surface area contributed by atoms with Gasteiger partial charge in [0.15, 0.2) is 5.82 Å². The highest BCUT2D eigenvalue weighted by Crippen LogP contribution is 2.18. The summed E-state index contributed by atoms with van der Waals surface area (Å²) in [4.78, 5) is 7.02. The predicted octanol–water partition coefficient (Wildman–Crippen LogP) is -0.292. The van der Waals surface area contributed by atoms with Crippen molar-refractivity contribution in [3.8, 4) is 0 Å². The summed E-state index contributed by atoms with van der Waals surface area (Å²) in [7, 11) is 0. The minimum Gasteiger partial charge on any atom is -0.396 e. The van der Waals surface area contributed by atoms with Crippen LogP contribution in [0, 0.1) is 5.92 Å². The van der Waals surface area contributed by atoms with Crippen molar-refractivity contribution >= 4 is 0 Å². The summed E-state index contributed by atoms with van der Waals surface area (Å²) in [5.41, 5.74) is 0. The van der Waals surface area contributed by atoms with Crippen LogP contribution in [0.15, 0.2) is 0 Å². The Bertz CT molecular complexity index is 415. The molecule has 0 saturated carbocycles. The third-order valence-electron chi connectivity index (χ3n) is 4.03. The second-order valence-electron chi connectivity index (χ2n) is 5.41. The maximum Gasteiger partial charge on any atom is 0.152 e. The number of hydrogen-bond donors (Lipinski definition) is 1. The lowest BCUT2D eigenvalue weighted by Gasteiger charge is -2.25. The summed E-state index contributed by atoms with van der Waals surface area (Å²) >= 11 is 0. The number of aromatic nitrogens is 3. The Morgan fingerprint density at radius 3 is 2.89 bits per heavy atom.